The van der Waals surface area contributed by atoms with E-state index in [0.717, 1.165) is 30.7 Å². The highest BCUT2D eigenvalue weighted by Crippen LogP contribution is 2.31. The van der Waals surface area contributed by atoms with Crippen molar-refractivity contribution < 1.29 is 18.0 Å². The summed E-state index contributed by atoms with van der Waals surface area (Å²) in [6.07, 6.45) is 3.04. The number of alkyl halides is 3. The van der Waals surface area contributed by atoms with Crippen LogP contribution in [0.4, 0.5) is 13.2 Å². The van der Waals surface area contributed by atoms with Crippen molar-refractivity contribution in [3.63, 3.8) is 0 Å². The number of carbonyl (C=O) groups excluding carboxylic acids is 1. The topological polar surface area (TPSA) is 63.9 Å². The van der Waals surface area contributed by atoms with Gasteiger partial charge in [-0.2, -0.15) is 18.3 Å². The molecule has 1 aliphatic carbocycles. The molecule has 4 rings (SSSR count). The average molecular weight is 401 g/mol. The Kier molecular flexibility index (Phi) is 4.81. The molecule has 1 fully saturated rings. The van der Waals surface area contributed by atoms with Gasteiger partial charge in [0.25, 0.3) is 5.91 Å². The summed E-state index contributed by atoms with van der Waals surface area (Å²) in [5.41, 5.74) is 1.03. The van der Waals surface area contributed by atoms with Crippen LogP contribution in [-0.2, 0) is 12.7 Å². The van der Waals surface area contributed by atoms with Crippen molar-refractivity contribution in [1.29, 1.82) is 0 Å². The molecule has 6 nitrogen and oxygen atoms in total. The van der Waals surface area contributed by atoms with Gasteiger partial charge in [0, 0.05) is 31.2 Å². The zero-order chi connectivity index (χ0) is 20.6. The molecule has 1 saturated carbocycles. The molecular weight excluding hydrogens is 383 g/mol. The van der Waals surface area contributed by atoms with Gasteiger partial charge in [-0.1, -0.05) is 6.07 Å². The highest BCUT2D eigenvalue weighted by Gasteiger charge is 2.35. The fraction of sp³-hybridized carbons (Fsp3) is 0.300. The number of halogens is 3. The van der Waals surface area contributed by atoms with Crippen LogP contribution in [0, 0.1) is 6.92 Å². The first-order valence-corrected chi connectivity index (χ1v) is 9.12. The van der Waals surface area contributed by atoms with Crippen LogP contribution in [0.3, 0.4) is 0 Å². The molecule has 1 aliphatic rings. The zero-order valence-corrected chi connectivity index (χ0v) is 15.6. The Bertz CT molecular complexity index is 1010. The Morgan fingerprint density at radius 3 is 2.59 bits per heavy atom. The fourth-order valence-electron chi connectivity index (χ4n) is 3.13. The van der Waals surface area contributed by atoms with Crippen LogP contribution in [0.2, 0.25) is 0 Å². The van der Waals surface area contributed by atoms with Gasteiger partial charge in [-0.25, -0.2) is 9.67 Å². The summed E-state index contributed by atoms with van der Waals surface area (Å²) >= 11 is 0. The number of aromatic nitrogens is 4. The number of hydrogen-bond donors (Lipinski definition) is 0. The van der Waals surface area contributed by atoms with E-state index in [9.17, 15) is 18.0 Å². The van der Waals surface area contributed by atoms with Crippen molar-refractivity contribution in [2.75, 3.05) is 0 Å². The normalized spacial score (nSPS) is 14.1. The minimum Gasteiger partial charge on any atom is -0.331 e. The maximum absolute atomic E-state index is 13.2. The minimum atomic E-state index is -4.46. The number of nitrogens with zero attached hydrogens (tertiary/aromatic N) is 5. The van der Waals surface area contributed by atoms with Crippen molar-refractivity contribution in [2.24, 2.45) is 0 Å². The van der Waals surface area contributed by atoms with Crippen molar-refractivity contribution in [1.82, 2.24) is 24.6 Å². The Morgan fingerprint density at radius 2 is 2.00 bits per heavy atom. The third-order valence-corrected chi connectivity index (χ3v) is 4.86. The third-order valence-electron chi connectivity index (χ3n) is 4.86. The number of carbonyl (C=O) groups is 1. The number of amides is 1. The first kappa shape index (κ1) is 19.1. The summed E-state index contributed by atoms with van der Waals surface area (Å²) < 4.78 is 39.6. The second-order valence-electron chi connectivity index (χ2n) is 6.98. The molecule has 3 heterocycles. The SMILES string of the molecule is Cc1c(C(=O)N(Cc2cccnc2)C2CC2)cnn1-c1ccc(C(F)(F)F)cn1. The molecular formula is C20H18F3N5O. The van der Waals surface area contributed by atoms with Crippen molar-refractivity contribution in [3.05, 3.63) is 71.4 Å². The smallest absolute Gasteiger partial charge is 0.331 e. The van der Waals surface area contributed by atoms with E-state index in [1.807, 2.05) is 12.1 Å². The summed E-state index contributed by atoms with van der Waals surface area (Å²) in [4.78, 5) is 22.9. The number of pyridine rings is 2. The molecule has 0 saturated heterocycles. The maximum atomic E-state index is 13.2. The minimum absolute atomic E-state index is 0.160. The van der Waals surface area contributed by atoms with E-state index in [-0.39, 0.29) is 17.8 Å². The van der Waals surface area contributed by atoms with Gasteiger partial charge >= 0.3 is 6.18 Å². The molecule has 0 aliphatic heterocycles. The summed E-state index contributed by atoms with van der Waals surface area (Å²) in [6, 6.07) is 6.10. The lowest BCUT2D eigenvalue weighted by atomic mass is 10.2. The van der Waals surface area contributed by atoms with Crippen LogP contribution in [0.15, 0.2) is 49.1 Å². The molecule has 9 heteroatoms. The van der Waals surface area contributed by atoms with Crippen LogP contribution in [0.25, 0.3) is 5.82 Å². The maximum Gasteiger partial charge on any atom is 0.417 e. The number of hydrogen-bond acceptors (Lipinski definition) is 4. The largest absolute Gasteiger partial charge is 0.417 e. The zero-order valence-electron chi connectivity index (χ0n) is 15.6. The summed E-state index contributed by atoms with van der Waals surface area (Å²) in [5, 5.41) is 4.18. The lowest BCUT2D eigenvalue weighted by Gasteiger charge is -2.22. The van der Waals surface area contributed by atoms with Crippen LogP contribution < -0.4 is 0 Å². The molecule has 0 N–H and O–H groups in total. The molecule has 150 valence electrons. The lowest BCUT2D eigenvalue weighted by Crippen LogP contribution is -2.33. The van der Waals surface area contributed by atoms with Gasteiger partial charge in [0.1, 0.15) is 0 Å². The molecule has 1 amide bonds. The average Bonchev–Trinajstić information content (AvgIpc) is 3.47. The molecule has 0 atom stereocenters. The lowest BCUT2D eigenvalue weighted by molar-refractivity contribution is -0.137. The summed E-state index contributed by atoms with van der Waals surface area (Å²) in [7, 11) is 0. The van der Waals surface area contributed by atoms with Crippen molar-refractivity contribution in [3.8, 4) is 5.82 Å². The van der Waals surface area contributed by atoms with E-state index in [0.29, 0.717) is 17.8 Å². The van der Waals surface area contributed by atoms with E-state index in [1.54, 1.807) is 24.2 Å². The molecule has 0 bridgehead atoms. The first-order chi connectivity index (χ1) is 13.8. The molecule has 0 aromatic carbocycles. The molecule has 3 aromatic heterocycles. The first-order valence-electron chi connectivity index (χ1n) is 9.12. The fourth-order valence-corrected chi connectivity index (χ4v) is 3.13. The van der Waals surface area contributed by atoms with Gasteiger partial charge in [0.05, 0.1) is 23.0 Å². The van der Waals surface area contributed by atoms with Gasteiger partial charge in [0.15, 0.2) is 5.82 Å². The van der Waals surface area contributed by atoms with Crippen molar-refractivity contribution in [2.45, 2.75) is 38.5 Å². The number of rotatable bonds is 5. The predicted molar refractivity (Wildman–Crippen MR) is 98.2 cm³/mol. The molecule has 3 aromatic rings. The second kappa shape index (κ2) is 7.31. The van der Waals surface area contributed by atoms with Gasteiger partial charge < -0.3 is 4.90 Å². The van der Waals surface area contributed by atoms with Gasteiger partial charge in [0.2, 0.25) is 0 Å². The quantitative estimate of drug-likeness (QED) is 0.653. The molecule has 29 heavy (non-hydrogen) atoms. The highest BCUT2D eigenvalue weighted by atomic mass is 19.4. The second-order valence-corrected chi connectivity index (χ2v) is 6.98. The molecule has 0 spiro atoms. The Labute approximate surface area is 165 Å². The van der Waals surface area contributed by atoms with E-state index in [2.05, 4.69) is 15.1 Å². The monoisotopic (exact) mass is 401 g/mol. The highest BCUT2D eigenvalue weighted by molar-refractivity contribution is 5.95. The Morgan fingerprint density at radius 1 is 1.21 bits per heavy atom. The summed E-state index contributed by atoms with van der Waals surface area (Å²) in [6.45, 7) is 2.15. The van der Waals surface area contributed by atoms with Crippen LogP contribution >= 0.6 is 0 Å². The van der Waals surface area contributed by atoms with Gasteiger partial charge in [-0.3, -0.25) is 9.78 Å². The van der Waals surface area contributed by atoms with E-state index < -0.39 is 11.7 Å². The summed E-state index contributed by atoms with van der Waals surface area (Å²) in [5.74, 6) is 0.0618. The molecule has 0 unspecified atom stereocenters. The molecule has 0 radical (unpaired) electrons. The van der Waals surface area contributed by atoms with Crippen LogP contribution in [-0.4, -0.2) is 36.6 Å². The van der Waals surface area contributed by atoms with Gasteiger partial charge in [-0.15, -0.1) is 0 Å². The van der Waals surface area contributed by atoms with E-state index in [4.69, 9.17) is 0 Å². The standard InChI is InChI=1S/C20H18F3N5O/c1-13-17(11-26-28(13)18-7-4-15(10-25-18)20(21,22)23)19(29)27(16-5-6-16)12-14-3-2-8-24-9-14/h2-4,7-11,16H,5-6,12H2,1H3. The van der Waals surface area contributed by atoms with E-state index in [1.165, 1.54) is 16.9 Å². The van der Waals surface area contributed by atoms with Crippen LogP contribution in [0.1, 0.15) is 40.0 Å². The van der Waals surface area contributed by atoms with Gasteiger partial charge in [-0.05, 0) is 43.5 Å². The van der Waals surface area contributed by atoms with Crippen molar-refractivity contribution >= 4 is 5.91 Å². The Balaban J connectivity index is 1.59. The third kappa shape index (κ3) is 3.98. The predicted octanol–water partition coefficient (Wildman–Crippen LogP) is 3.79. The van der Waals surface area contributed by atoms with Crippen LogP contribution in [0.5, 0.6) is 0 Å². The Hall–Kier alpha value is -3.23. The van der Waals surface area contributed by atoms with E-state index >= 15 is 0 Å².